The predicted octanol–water partition coefficient (Wildman–Crippen LogP) is 3.86. The van der Waals surface area contributed by atoms with E-state index in [2.05, 4.69) is 31.9 Å². The number of pyridine rings is 2. The molecule has 78 heavy (non-hydrogen) atoms. The summed E-state index contributed by atoms with van der Waals surface area (Å²) in [6.45, 7) is 1.15. The number of hydrogen-bond donors (Lipinski definition) is 7. The van der Waals surface area contributed by atoms with Gasteiger partial charge in [0.25, 0.3) is 5.56 Å². The number of halogens is 1. The number of aromatic nitrogens is 2. The average Bonchev–Trinajstić information content (AvgIpc) is 3.92. The van der Waals surface area contributed by atoms with Gasteiger partial charge >= 0.3 is 18.2 Å². The standard InChI is InChI=1S/C57H55FN8O12/c1-3-57(75)40-22-45-51-37(27-66(45)53(71)39(40)29-77-54(57)72)50-42(18-17-32-30(2)41(58)23-43(64-51)49(32)50)65-56(74)76-20-19-59-46(67)24-61-52(70)44(21-31-11-5-4-6-12-31)63-48(69)26-60-47(68)25-62-55(73)78-28-38-35-15-9-7-13-33(35)34-14-8-10-16-36(34)38/h4-16,22-23,38,42,44,75H,3,17-21,24-29H2,1-2H3,(H,59,67)(H,60,68)(H,61,70)(H,62,73)(H,63,69)(H,65,74)/t42-,44?,57-/m0/s1. The number of alkyl carbamates (subject to hydrolysis) is 2. The fourth-order valence-corrected chi connectivity index (χ4v) is 10.9. The third kappa shape index (κ3) is 10.2. The van der Waals surface area contributed by atoms with Gasteiger partial charge < -0.3 is 55.8 Å². The Labute approximate surface area is 445 Å². The zero-order valence-corrected chi connectivity index (χ0v) is 42.6. The number of hydrogen-bond acceptors (Lipinski definition) is 13. The third-order valence-corrected chi connectivity index (χ3v) is 14.9. The molecule has 0 bridgehead atoms. The summed E-state index contributed by atoms with van der Waals surface area (Å²) in [5.41, 5.74) is 6.01. The quantitative estimate of drug-likeness (QED) is 0.0389. The highest BCUT2D eigenvalue weighted by molar-refractivity contribution is 5.95. The molecule has 4 aliphatic rings. The number of nitrogens with zero attached hydrogens (tertiary/aromatic N) is 2. The van der Waals surface area contributed by atoms with Gasteiger partial charge in [-0.2, -0.15) is 0 Å². The summed E-state index contributed by atoms with van der Waals surface area (Å²) in [6.07, 6.45) is -0.899. The number of aryl methyl sites for hydroxylation is 1. The molecule has 21 heteroatoms. The van der Waals surface area contributed by atoms with Crippen molar-refractivity contribution in [2.75, 3.05) is 39.4 Å². The highest BCUT2D eigenvalue weighted by Gasteiger charge is 2.46. The van der Waals surface area contributed by atoms with Crippen LogP contribution in [0.25, 0.3) is 33.4 Å². The third-order valence-electron chi connectivity index (χ3n) is 14.9. The van der Waals surface area contributed by atoms with Gasteiger partial charge in [-0.3, -0.25) is 24.0 Å². The molecule has 0 saturated carbocycles. The molecule has 0 radical (unpaired) electrons. The minimum atomic E-state index is -2.05. The average molecular weight is 1060 g/mol. The van der Waals surface area contributed by atoms with Crippen molar-refractivity contribution in [1.82, 2.24) is 41.5 Å². The Morgan fingerprint density at radius 2 is 1.50 bits per heavy atom. The van der Waals surface area contributed by atoms with E-state index in [1.165, 1.54) is 10.6 Å². The topological polar surface area (TPSA) is 274 Å². The van der Waals surface area contributed by atoms with E-state index in [9.17, 15) is 43.5 Å². The van der Waals surface area contributed by atoms with Crippen LogP contribution in [0.4, 0.5) is 14.0 Å². The fourth-order valence-electron chi connectivity index (χ4n) is 10.9. The highest BCUT2D eigenvalue weighted by Crippen LogP contribution is 2.47. The fraction of sp³-hybridized carbons (Fsp3) is 0.316. The first-order valence-electron chi connectivity index (χ1n) is 25.6. The number of esters is 1. The van der Waals surface area contributed by atoms with Crippen molar-refractivity contribution in [3.63, 3.8) is 0 Å². The Hall–Kier alpha value is -8.98. The molecule has 6 amide bonds. The second kappa shape index (κ2) is 21.9. The van der Waals surface area contributed by atoms with Crippen LogP contribution in [0.1, 0.15) is 81.8 Å². The molecule has 2 aliphatic carbocycles. The van der Waals surface area contributed by atoms with Gasteiger partial charge in [-0.1, -0.05) is 85.8 Å². The number of carbonyl (C=O) groups is 7. The van der Waals surface area contributed by atoms with Crippen LogP contribution in [-0.4, -0.2) is 102 Å². The number of amides is 6. The van der Waals surface area contributed by atoms with Gasteiger partial charge in [0.15, 0.2) is 5.60 Å². The summed E-state index contributed by atoms with van der Waals surface area (Å²) in [5.74, 6) is -4.21. The SMILES string of the molecule is CC[C@@]1(O)C(=O)OCc2c1cc1n(c2=O)Cc2c-1nc1cc(F)c(C)c3c1c2[C@@H](NC(=O)OCCNC(=O)CNC(=O)C(Cc1ccccc1)NC(=O)CNC(=O)CNC(=O)OCC1c2ccccc2-c2ccccc21)CC3. The number of rotatable bonds is 17. The molecule has 6 aromatic rings. The number of fused-ring (bicyclic) bond motifs is 8. The summed E-state index contributed by atoms with van der Waals surface area (Å²) in [6, 6.07) is 25.6. The smallest absolute Gasteiger partial charge is 0.407 e. The van der Waals surface area contributed by atoms with E-state index in [1.807, 2.05) is 48.5 Å². The highest BCUT2D eigenvalue weighted by atomic mass is 19.1. The van der Waals surface area contributed by atoms with E-state index in [-0.39, 0.29) is 62.8 Å². The van der Waals surface area contributed by atoms with Gasteiger partial charge in [-0.15, -0.1) is 0 Å². The van der Waals surface area contributed by atoms with Gasteiger partial charge in [0.2, 0.25) is 23.6 Å². The molecule has 10 rings (SSSR count). The molecular formula is C57H55FN8O12. The molecule has 20 nitrogen and oxygen atoms in total. The lowest BCUT2D eigenvalue weighted by atomic mass is 9.81. The molecule has 2 aliphatic heterocycles. The Morgan fingerprint density at radius 3 is 2.23 bits per heavy atom. The van der Waals surface area contributed by atoms with Crippen LogP contribution in [0.5, 0.6) is 0 Å². The lowest BCUT2D eigenvalue weighted by molar-refractivity contribution is -0.172. The van der Waals surface area contributed by atoms with Crippen LogP contribution >= 0.6 is 0 Å². The van der Waals surface area contributed by atoms with Crippen LogP contribution in [-0.2, 0) is 69.8 Å². The zero-order valence-electron chi connectivity index (χ0n) is 42.6. The van der Waals surface area contributed by atoms with Crippen molar-refractivity contribution in [3.05, 3.63) is 157 Å². The Morgan fingerprint density at radius 1 is 0.821 bits per heavy atom. The first kappa shape index (κ1) is 52.5. The molecule has 2 aromatic heterocycles. The predicted molar refractivity (Wildman–Crippen MR) is 279 cm³/mol. The van der Waals surface area contributed by atoms with E-state index in [1.54, 1.807) is 50.2 Å². The van der Waals surface area contributed by atoms with Gasteiger partial charge in [-0.05, 0) is 76.8 Å². The molecule has 1 unspecified atom stereocenters. The van der Waals surface area contributed by atoms with Crippen molar-refractivity contribution >= 4 is 52.7 Å². The van der Waals surface area contributed by atoms with E-state index >= 15 is 4.39 Å². The van der Waals surface area contributed by atoms with Crippen LogP contribution in [0, 0.1) is 12.7 Å². The zero-order chi connectivity index (χ0) is 54.8. The number of carbonyl (C=O) groups excluding carboxylic acids is 7. The number of ether oxygens (including phenoxy) is 3. The lowest BCUT2D eigenvalue weighted by Gasteiger charge is -2.31. The maximum absolute atomic E-state index is 15.4. The second-order valence-electron chi connectivity index (χ2n) is 19.5. The van der Waals surface area contributed by atoms with Crippen LogP contribution < -0.4 is 37.5 Å². The van der Waals surface area contributed by atoms with Gasteiger partial charge in [0.05, 0.1) is 54.7 Å². The van der Waals surface area contributed by atoms with Crippen LogP contribution in [0.2, 0.25) is 0 Å². The minimum Gasteiger partial charge on any atom is -0.458 e. The van der Waals surface area contributed by atoms with E-state index < -0.39 is 90.5 Å². The first-order chi connectivity index (χ1) is 37.6. The van der Waals surface area contributed by atoms with Crippen molar-refractivity contribution in [3.8, 4) is 22.5 Å². The summed E-state index contributed by atoms with van der Waals surface area (Å²) in [7, 11) is 0. The van der Waals surface area contributed by atoms with Crippen LogP contribution in [0.15, 0.2) is 95.8 Å². The maximum Gasteiger partial charge on any atom is 0.407 e. The molecule has 0 fully saturated rings. The Balaban J connectivity index is 0.700. The summed E-state index contributed by atoms with van der Waals surface area (Å²) in [4.78, 5) is 110. The molecule has 4 heterocycles. The molecular weight excluding hydrogens is 1010 g/mol. The summed E-state index contributed by atoms with van der Waals surface area (Å²) >= 11 is 0. The Kier molecular flexibility index (Phi) is 14.8. The monoisotopic (exact) mass is 1060 g/mol. The maximum atomic E-state index is 15.4. The number of aliphatic hydroxyl groups is 1. The van der Waals surface area contributed by atoms with Crippen LogP contribution in [0.3, 0.4) is 0 Å². The molecule has 0 saturated heterocycles. The molecule has 0 spiro atoms. The van der Waals surface area contributed by atoms with Gasteiger partial charge in [0.1, 0.15) is 38.2 Å². The lowest BCUT2D eigenvalue weighted by Crippen LogP contribution is -2.52. The number of benzene rings is 4. The molecule has 4 aromatic carbocycles. The molecule has 402 valence electrons. The normalized spacial score (nSPS) is 16.7. The summed E-state index contributed by atoms with van der Waals surface area (Å²) < 4.78 is 33.0. The largest absolute Gasteiger partial charge is 0.458 e. The molecule has 7 N–H and O–H groups in total. The second-order valence-corrected chi connectivity index (χ2v) is 19.5. The number of nitrogens with one attached hydrogen (secondary N) is 6. The molecule has 3 atom stereocenters. The van der Waals surface area contributed by atoms with E-state index in [0.29, 0.717) is 57.4 Å². The van der Waals surface area contributed by atoms with Crippen molar-refractivity contribution in [2.24, 2.45) is 0 Å². The van der Waals surface area contributed by atoms with Gasteiger partial charge in [-0.25, -0.2) is 23.8 Å². The van der Waals surface area contributed by atoms with Crippen molar-refractivity contribution < 1.29 is 57.3 Å². The summed E-state index contributed by atoms with van der Waals surface area (Å²) in [5, 5.41) is 27.4. The van der Waals surface area contributed by atoms with Crippen molar-refractivity contribution in [2.45, 2.75) is 76.3 Å². The Bertz CT molecular complexity index is 3470. The van der Waals surface area contributed by atoms with E-state index in [4.69, 9.17) is 19.2 Å². The van der Waals surface area contributed by atoms with Gasteiger partial charge in [0, 0.05) is 34.9 Å². The van der Waals surface area contributed by atoms with E-state index in [0.717, 1.165) is 27.8 Å². The number of cyclic esters (lactones) is 1. The van der Waals surface area contributed by atoms with Crippen molar-refractivity contribution in [1.29, 1.82) is 0 Å². The first-order valence-corrected chi connectivity index (χ1v) is 25.6. The minimum absolute atomic E-state index is 0.0455.